The van der Waals surface area contributed by atoms with Crippen molar-refractivity contribution in [3.63, 3.8) is 0 Å². The van der Waals surface area contributed by atoms with Crippen molar-refractivity contribution in [1.82, 2.24) is 15.3 Å². The smallest absolute Gasteiger partial charge is 0.230 e. The molecule has 6 heteroatoms. The number of aromatic nitrogens is 2. The molecule has 0 aromatic carbocycles. The fourth-order valence-corrected chi connectivity index (χ4v) is 2.27. The summed E-state index contributed by atoms with van der Waals surface area (Å²) in [6.07, 6.45) is 4.01. The number of nitrogen functional groups attached to an aromatic ring is 1. The summed E-state index contributed by atoms with van der Waals surface area (Å²) >= 11 is 1.41. The monoisotopic (exact) mass is 266 g/mol. The number of amides is 1. The Morgan fingerprint density at radius 1 is 1.56 bits per heavy atom. The molecule has 1 amide bonds. The second kappa shape index (κ2) is 6.04. The van der Waals surface area contributed by atoms with E-state index in [-0.39, 0.29) is 5.91 Å². The van der Waals surface area contributed by atoms with Crippen molar-refractivity contribution in [2.45, 2.75) is 43.7 Å². The van der Waals surface area contributed by atoms with Crippen LogP contribution in [-0.2, 0) is 11.2 Å². The lowest BCUT2D eigenvalue weighted by atomic mass is 10.3. The number of hydrogen-bond donors (Lipinski definition) is 2. The largest absolute Gasteiger partial charge is 0.384 e. The van der Waals surface area contributed by atoms with Gasteiger partial charge in [-0.15, -0.1) is 0 Å². The van der Waals surface area contributed by atoms with Gasteiger partial charge in [0.15, 0.2) is 0 Å². The van der Waals surface area contributed by atoms with E-state index in [1.54, 1.807) is 6.07 Å². The molecule has 0 aliphatic heterocycles. The average molecular weight is 266 g/mol. The van der Waals surface area contributed by atoms with Gasteiger partial charge in [-0.3, -0.25) is 4.79 Å². The van der Waals surface area contributed by atoms with Crippen LogP contribution in [0.15, 0.2) is 11.1 Å². The molecule has 0 atom stereocenters. The van der Waals surface area contributed by atoms with Gasteiger partial charge in [-0.2, -0.15) is 0 Å². The normalized spacial score (nSPS) is 14.5. The fraction of sp³-hybridized carbons (Fsp3) is 0.583. The number of nitrogens with one attached hydrogen (secondary N) is 1. The second-order valence-corrected chi connectivity index (χ2v) is 5.42. The first kappa shape index (κ1) is 13.1. The summed E-state index contributed by atoms with van der Waals surface area (Å²) in [7, 11) is 0. The third-order valence-electron chi connectivity index (χ3n) is 2.54. The van der Waals surface area contributed by atoms with Crippen LogP contribution in [0.5, 0.6) is 0 Å². The molecule has 1 aliphatic carbocycles. The van der Waals surface area contributed by atoms with Crippen LogP contribution in [-0.4, -0.2) is 27.7 Å². The standard InChI is InChI=1S/C12H18N4OS/c1-2-3-10-15-9(13)6-12(16-10)18-7-11(17)14-8-4-5-8/h6,8H,2-5,7H2,1H3,(H,14,17)(H2,13,15,16). The van der Waals surface area contributed by atoms with E-state index in [9.17, 15) is 4.79 Å². The predicted octanol–water partition coefficient (Wildman–Crippen LogP) is 1.38. The summed E-state index contributed by atoms with van der Waals surface area (Å²) < 4.78 is 0. The number of anilines is 1. The number of aryl methyl sites for hydroxylation is 1. The highest BCUT2D eigenvalue weighted by atomic mass is 32.2. The van der Waals surface area contributed by atoms with Crippen LogP contribution in [0.1, 0.15) is 32.0 Å². The van der Waals surface area contributed by atoms with Gasteiger partial charge < -0.3 is 11.1 Å². The van der Waals surface area contributed by atoms with Gasteiger partial charge in [0.1, 0.15) is 16.7 Å². The van der Waals surface area contributed by atoms with E-state index in [0.29, 0.717) is 17.6 Å². The number of carbonyl (C=O) groups is 1. The molecule has 18 heavy (non-hydrogen) atoms. The molecule has 0 bridgehead atoms. The Morgan fingerprint density at radius 3 is 3.00 bits per heavy atom. The van der Waals surface area contributed by atoms with Crippen LogP contribution < -0.4 is 11.1 Å². The zero-order valence-corrected chi connectivity index (χ0v) is 11.3. The van der Waals surface area contributed by atoms with E-state index in [1.165, 1.54) is 11.8 Å². The van der Waals surface area contributed by atoms with Gasteiger partial charge >= 0.3 is 0 Å². The van der Waals surface area contributed by atoms with Crippen molar-refractivity contribution in [3.05, 3.63) is 11.9 Å². The number of rotatable bonds is 6. The summed E-state index contributed by atoms with van der Waals surface area (Å²) in [5.41, 5.74) is 5.72. The molecule has 1 aliphatic rings. The summed E-state index contributed by atoms with van der Waals surface area (Å²) in [5, 5.41) is 3.72. The summed E-state index contributed by atoms with van der Waals surface area (Å²) in [5.74, 6) is 1.68. The minimum absolute atomic E-state index is 0.0664. The molecule has 0 saturated heterocycles. The molecule has 1 saturated carbocycles. The van der Waals surface area contributed by atoms with Crippen molar-refractivity contribution >= 4 is 23.5 Å². The summed E-state index contributed by atoms with van der Waals surface area (Å²) in [6.45, 7) is 2.07. The minimum Gasteiger partial charge on any atom is -0.384 e. The van der Waals surface area contributed by atoms with Crippen molar-refractivity contribution < 1.29 is 4.79 Å². The van der Waals surface area contributed by atoms with Crippen molar-refractivity contribution in [1.29, 1.82) is 0 Å². The van der Waals surface area contributed by atoms with Crippen LogP contribution in [0.2, 0.25) is 0 Å². The Hall–Kier alpha value is -1.30. The first-order chi connectivity index (χ1) is 8.67. The SMILES string of the molecule is CCCc1nc(N)cc(SCC(=O)NC2CC2)n1. The van der Waals surface area contributed by atoms with Gasteiger partial charge in [-0.1, -0.05) is 18.7 Å². The fourth-order valence-electron chi connectivity index (χ4n) is 1.54. The van der Waals surface area contributed by atoms with E-state index in [2.05, 4.69) is 22.2 Å². The molecule has 1 aromatic heterocycles. The highest BCUT2D eigenvalue weighted by molar-refractivity contribution is 7.99. The Balaban J connectivity index is 1.88. The van der Waals surface area contributed by atoms with Crippen molar-refractivity contribution in [3.8, 4) is 0 Å². The van der Waals surface area contributed by atoms with Crippen molar-refractivity contribution in [2.75, 3.05) is 11.5 Å². The maximum atomic E-state index is 11.6. The highest BCUT2D eigenvalue weighted by Gasteiger charge is 2.23. The van der Waals surface area contributed by atoms with E-state index in [1.807, 2.05) is 0 Å². The number of nitrogens with zero attached hydrogens (tertiary/aromatic N) is 2. The van der Waals surface area contributed by atoms with Gasteiger partial charge in [0.2, 0.25) is 5.91 Å². The third-order valence-corrected chi connectivity index (χ3v) is 3.45. The number of hydrogen-bond acceptors (Lipinski definition) is 5. The summed E-state index contributed by atoms with van der Waals surface area (Å²) in [6, 6.07) is 2.12. The number of carbonyl (C=O) groups excluding carboxylic acids is 1. The predicted molar refractivity (Wildman–Crippen MR) is 72.3 cm³/mol. The molecule has 1 fully saturated rings. The van der Waals surface area contributed by atoms with Crippen molar-refractivity contribution in [2.24, 2.45) is 0 Å². The molecule has 98 valence electrons. The second-order valence-electron chi connectivity index (χ2n) is 4.43. The van der Waals surface area contributed by atoms with Gasteiger partial charge in [-0.05, 0) is 19.3 Å². The Morgan fingerprint density at radius 2 is 2.33 bits per heavy atom. The molecule has 0 radical (unpaired) electrons. The molecule has 1 aromatic rings. The van der Waals surface area contributed by atoms with Crippen LogP contribution in [0.4, 0.5) is 5.82 Å². The quantitative estimate of drug-likeness (QED) is 0.600. The van der Waals surface area contributed by atoms with Crippen LogP contribution >= 0.6 is 11.8 Å². The number of thioether (sulfide) groups is 1. The van der Waals surface area contributed by atoms with E-state index in [0.717, 1.165) is 36.5 Å². The third kappa shape index (κ3) is 4.18. The first-order valence-electron chi connectivity index (χ1n) is 6.23. The maximum Gasteiger partial charge on any atom is 0.230 e. The topological polar surface area (TPSA) is 80.9 Å². The average Bonchev–Trinajstić information content (AvgIpc) is 3.10. The number of nitrogens with two attached hydrogens (primary N) is 1. The molecule has 0 unspecified atom stereocenters. The molecule has 2 rings (SSSR count). The minimum atomic E-state index is 0.0664. The van der Waals surface area contributed by atoms with Crippen LogP contribution in [0.3, 0.4) is 0 Å². The lowest BCUT2D eigenvalue weighted by Crippen LogP contribution is -2.27. The van der Waals surface area contributed by atoms with E-state index in [4.69, 9.17) is 5.73 Å². The van der Waals surface area contributed by atoms with E-state index < -0.39 is 0 Å². The molecular weight excluding hydrogens is 248 g/mol. The lowest BCUT2D eigenvalue weighted by molar-refractivity contribution is -0.118. The van der Waals surface area contributed by atoms with Crippen LogP contribution in [0.25, 0.3) is 0 Å². The summed E-state index contributed by atoms with van der Waals surface area (Å²) in [4.78, 5) is 20.1. The Labute approximate surface area is 111 Å². The first-order valence-corrected chi connectivity index (χ1v) is 7.21. The van der Waals surface area contributed by atoms with Crippen LogP contribution in [0, 0.1) is 0 Å². The van der Waals surface area contributed by atoms with Gasteiger partial charge in [0.05, 0.1) is 5.75 Å². The zero-order valence-electron chi connectivity index (χ0n) is 10.5. The highest BCUT2D eigenvalue weighted by Crippen LogP contribution is 2.21. The van der Waals surface area contributed by atoms with Gasteiger partial charge in [0, 0.05) is 18.5 Å². The maximum absolute atomic E-state index is 11.6. The molecule has 0 spiro atoms. The molecular formula is C12H18N4OS. The Kier molecular flexibility index (Phi) is 4.41. The molecule has 3 N–H and O–H groups in total. The van der Waals surface area contributed by atoms with E-state index >= 15 is 0 Å². The zero-order chi connectivity index (χ0) is 13.0. The van der Waals surface area contributed by atoms with Gasteiger partial charge in [-0.25, -0.2) is 9.97 Å². The van der Waals surface area contributed by atoms with Gasteiger partial charge in [0.25, 0.3) is 0 Å². The molecule has 1 heterocycles. The Bertz CT molecular complexity index is 434. The lowest BCUT2D eigenvalue weighted by Gasteiger charge is -2.05. The molecule has 5 nitrogen and oxygen atoms in total.